The van der Waals surface area contributed by atoms with Gasteiger partial charge in [0.1, 0.15) is 23.4 Å². The van der Waals surface area contributed by atoms with Crippen molar-refractivity contribution in [3.05, 3.63) is 54.3 Å². The fourth-order valence-electron chi connectivity index (χ4n) is 2.44. The minimum Gasteiger partial charge on any atom is -0.457 e. The van der Waals surface area contributed by atoms with Gasteiger partial charge in [-0.1, -0.05) is 0 Å². The van der Waals surface area contributed by atoms with Gasteiger partial charge < -0.3 is 10.1 Å². The third kappa shape index (κ3) is 4.23. The van der Waals surface area contributed by atoms with E-state index in [2.05, 4.69) is 5.32 Å². The zero-order chi connectivity index (χ0) is 19.6. The van der Waals surface area contributed by atoms with E-state index in [4.69, 9.17) is 4.74 Å². The molecular weight excluding hydrogens is 377 g/mol. The molecule has 0 radical (unpaired) electrons. The van der Waals surface area contributed by atoms with Gasteiger partial charge in [-0.25, -0.2) is 17.6 Å². The van der Waals surface area contributed by atoms with E-state index in [0.717, 1.165) is 4.31 Å². The summed E-state index contributed by atoms with van der Waals surface area (Å²) in [6.07, 6.45) is 0. The molecule has 10 heteroatoms. The highest BCUT2D eigenvalue weighted by Gasteiger charge is 2.33. The number of hydrogen-bond donors (Lipinski definition) is 2. The molecule has 2 aromatic carbocycles. The van der Waals surface area contributed by atoms with Crippen molar-refractivity contribution in [3.8, 4) is 11.5 Å². The lowest BCUT2D eigenvalue weighted by Gasteiger charge is -2.19. The first-order valence-corrected chi connectivity index (χ1v) is 9.31. The smallest absolute Gasteiger partial charge is 0.322 e. The Labute approximate surface area is 155 Å². The molecule has 1 saturated heterocycles. The van der Waals surface area contributed by atoms with Crippen LogP contribution >= 0.6 is 0 Å². The number of urea groups is 1. The Morgan fingerprint density at radius 3 is 2.11 bits per heavy atom. The summed E-state index contributed by atoms with van der Waals surface area (Å²) in [5, 5.41) is 4.39. The van der Waals surface area contributed by atoms with E-state index >= 15 is 0 Å². The van der Waals surface area contributed by atoms with Crippen molar-refractivity contribution in [2.45, 2.75) is 10.9 Å². The van der Waals surface area contributed by atoms with Crippen molar-refractivity contribution >= 4 is 22.0 Å². The monoisotopic (exact) mass is 393 g/mol. The van der Waals surface area contributed by atoms with Crippen molar-refractivity contribution in [1.82, 2.24) is 14.9 Å². The molecule has 0 aromatic heterocycles. The lowest BCUT2D eigenvalue weighted by Crippen LogP contribution is -2.42. The molecule has 1 fully saturated rings. The Morgan fingerprint density at radius 2 is 1.59 bits per heavy atom. The average molecular weight is 393 g/mol. The Bertz CT molecular complexity index is 961. The lowest BCUT2D eigenvalue weighted by atomic mass is 10.3. The fourth-order valence-corrected chi connectivity index (χ4v) is 3.63. The van der Waals surface area contributed by atoms with Gasteiger partial charge in [0.2, 0.25) is 10.0 Å². The first kappa shape index (κ1) is 18.8. The van der Waals surface area contributed by atoms with E-state index in [0.29, 0.717) is 11.5 Å². The van der Waals surface area contributed by atoms with Gasteiger partial charge in [-0.2, -0.15) is 4.31 Å². The lowest BCUT2D eigenvalue weighted by molar-refractivity contribution is -0.120. The highest BCUT2D eigenvalue weighted by Crippen LogP contribution is 2.24. The van der Waals surface area contributed by atoms with Crippen molar-refractivity contribution < 1.29 is 27.1 Å². The predicted molar refractivity (Wildman–Crippen MR) is 93.2 cm³/mol. The number of nitrogens with one attached hydrogen (secondary N) is 2. The minimum absolute atomic E-state index is 0.00110. The van der Waals surface area contributed by atoms with Crippen LogP contribution in [0.5, 0.6) is 11.5 Å². The standard InChI is InChI=1S/C17H16FN3O5S/c1-21(10-15-16(22)20-17(23)19-15)27(24,25)14-8-6-13(7-9-14)26-12-4-2-11(18)3-5-12/h2-9,15H,10H2,1H3,(H2,19,20,22,23). The van der Waals surface area contributed by atoms with Crippen LogP contribution < -0.4 is 15.4 Å². The van der Waals surface area contributed by atoms with Gasteiger partial charge in [0.05, 0.1) is 4.90 Å². The molecule has 0 bridgehead atoms. The van der Waals surface area contributed by atoms with Crippen LogP contribution in [0, 0.1) is 5.82 Å². The summed E-state index contributed by atoms with van der Waals surface area (Å²) in [5.74, 6) is -0.179. The Balaban J connectivity index is 1.70. The highest BCUT2D eigenvalue weighted by molar-refractivity contribution is 7.89. The Hall–Kier alpha value is -2.98. The second-order valence-corrected chi connectivity index (χ2v) is 7.87. The van der Waals surface area contributed by atoms with E-state index in [1.54, 1.807) is 0 Å². The number of hydrogen-bond acceptors (Lipinski definition) is 5. The molecule has 3 rings (SSSR count). The third-order valence-corrected chi connectivity index (χ3v) is 5.72. The number of imide groups is 1. The normalized spacial score (nSPS) is 16.9. The maximum atomic E-state index is 12.9. The van der Waals surface area contributed by atoms with Crippen molar-refractivity contribution in [2.24, 2.45) is 0 Å². The third-order valence-electron chi connectivity index (χ3n) is 3.88. The molecule has 3 amide bonds. The van der Waals surface area contributed by atoms with Crippen LogP contribution in [0.25, 0.3) is 0 Å². The number of nitrogens with zero attached hydrogens (tertiary/aromatic N) is 1. The van der Waals surface area contributed by atoms with Gasteiger partial charge in [-0.3, -0.25) is 10.1 Å². The topological polar surface area (TPSA) is 105 Å². The fraction of sp³-hybridized carbons (Fsp3) is 0.176. The van der Waals surface area contributed by atoms with Gasteiger partial charge in [-0.15, -0.1) is 0 Å². The summed E-state index contributed by atoms with van der Waals surface area (Å²) < 4.78 is 44.6. The number of rotatable bonds is 6. The number of halogens is 1. The molecule has 1 unspecified atom stereocenters. The first-order valence-electron chi connectivity index (χ1n) is 7.87. The molecule has 142 valence electrons. The molecule has 2 aromatic rings. The summed E-state index contributed by atoms with van der Waals surface area (Å²) >= 11 is 0. The van der Waals surface area contributed by atoms with Gasteiger partial charge in [0, 0.05) is 13.6 Å². The minimum atomic E-state index is -3.87. The van der Waals surface area contributed by atoms with Crippen LogP contribution in [0.15, 0.2) is 53.4 Å². The number of amides is 3. The predicted octanol–water partition coefficient (Wildman–Crippen LogP) is 1.45. The zero-order valence-electron chi connectivity index (χ0n) is 14.2. The Kier molecular flexibility index (Phi) is 5.10. The average Bonchev–Trinajstić information content (AvgIpc) is 2.94. The summed E-state index contributed by atoms with van der Waals surface area (Å²) in [6, 6.07) is 9.46. The van der Waals surface area contributed by atoms with Crippen LogP contribution in [0.4, 0.5) is 9.18 Å². The molecular formula is C17H16FN3O5S. The van der Waals surface area contributed by atoms with Crippen LogP contribution in [-0.4, -0.2) is 44.3 Å². The number of carbonyl (C=O) groups is 2. The summed E-state index contributed by atoms with van der Waals surface area (Å²) in [6.45, 7) is -0.201. The molecule has 0 aliphatic carbocycles. The molecule has 0 saturated carbocycles. The van der Waals surface area contributed by atoms with E-state index in [9.17, 15) is 22.4 Å². The summed E-state index contributed by atoms with van der Waals surface area (Å²) in [7, 11) is -2.55. The maximum absolute atomic E-state index is 12.9. The van der Waals surface area contributed by atoms with Gasteiger partial charge >= 0.3 is 6.03 Å². The van der Waals surface area contributed by atoms with Crippen LogP contribution in [-0.2, 0) is 14.8 Å². The van der Waals surface area contributed by atoms with Gasteiger partial charge in [0.15, 0.2) is 0 Å². The van der Waals surface area contributed by atoms with Gasteiger partial charge in [-0.05, 0) is 48.5 Å². The Morgan fingerprint density at radius 1 is 1.04 bits per heavy atom. The number of carbonyl (C=O) groups excluding carboxylic acids is 2. The number of benzene rings is 2. The molecule has 8 nitrogen and oxygen atoms in total. The molecule has 27 heavy (non-hydrogen) atoms. The molecule has 1 aliphatic heterocycles. The SMILES string of the molecule is CN(CC1NC(=O)NC1=O)S(=O)(=O)c1ccc(Oc2ccc(F)cc2)cc1. The quantitative estimate of drug-likeness (QED) is 0.723. The molecule has 1 atom stereocenters. The summed E-state index contributed by atoms with van der Waals surface area (Å²) in [5.41, 5.74) is 0. The maximum Gasteiger partial charge on any atom is 0.322 e. The van der Waals surface area contributed by atoms with Crippen LogP contribution in [0.2, 0.25) is 0 Å². The number of sulfonamides is 1. The van der Waals surface area contributed by atoms with Crippen LogP contribution in [0.1, 0.15) is 0 Å². The van der Waals surface area contributed by atoms with Gasteiger partial charge in [0.25, 0.3) is 5.91 Å². The highest BCUT2D eigenvalue weighted by atomic mass is 32.2. The molecule has 1 aliphatic rings. The first-order chi connectivity index (χ1) is 12.8. The van der Waals surface area contributed by atoms with Crippen molar-refractivity contribution in [1.29, 1.82) is 0 Å². The van der Waals surface area contributed by atoms with E-state index in [-0.39, 0.29) is 17.3 Å². The van der Waals surface area contributed by atoms with E-state index < -0.39 is 28.0 Å². The van der Waals surface area contributed by atoms with E-state index in [1.807, 2.05) is 5.32 Å². The summed E-state index contributed by atoms with van der Waals surface area (Å²) in [4.78, 5) is 22.7. The second kappa shape index (κ2) is 7.33. The van der Waals surface area contributed by atoms with E-state index in [1.165, 1.54) is 55.6 Å². The number of ether oxygens (including phenoxy) is 1. The van der Waals surface area contributed by atoms with Crippen LogP contribution in [0.3, 0.4) is 0 Å². The number of likely N-dealkylation sites (N-methyl/N-ethyl adjacent to an activating group) is 1. The van der Waals surface area contributed by atoms with Crippen molar-refractivity contribution in [3.63, 3.8) is 0 Å². The molecule has 1 heterocycles. The molecule has 2 N–H and O–H groups in total. The zero-order valence-corrected chi connectivity index (χ0v) is 15.0. The largest absolute Gasteiger partial charge is 0.457 e. The van der Waals surface area contributed by atoms with Crippen molar-refractivity contribution in [2.75, 3.05) is 13.6 Å². The molecule has 0 spiro atoms. The second-order valence-electron chi connectivity index (χ2n) is 5.83.